The van der Waals surface area contributed by atoms with Crippen molar-refractivity contribution in [3.8, 4) is 11.5 Å². The number of methoxy groups -OCH3 is 2. The lowest BCUT2D eigenvalue weighted by Gasteiger charge is -2.28. The van der Waals surface area contributed by atoms with Gasteiger partial charge in [0, 0.05) is 29.3 Å². The van der Waals surface area contributed by atoms with Crippen LogP contribution < -0.4 is 9.47 Å². The Morgan fingerprint density at radius 2 is 1.70 bits per heavy atom. The van der Waals surface area contributed by atoms with E-state index in [0.29, 0.717) is 44.0 Å². The van der Waals surface area contributed by atoms with E-state index >= 15 is 0 Å². The molecule has 1 aromatic carbocycles. The molecular formula is C26H38N2O4S. The van der Waals surface area contributed by atoms with E-state index in [-0.39, 0.29) is 24.3 Å². The number of amides is 2. The number of rotatable bonds is 13. The first-order valence-corrected chi connectivity index (χ1v) is 12.4. The van der Waals surface area contributed by atoms with Crippen molar-refractivity contribution in [2.75, 3.05) is 33.9 Å². The highest BCUT2D eigenvalue weighted by Crippen LogP contribution is 2.28. The summed E-state index contributed by atoms with van der Waals surface area (Å²) in [7, 11) is 3.23. The molecule has 182 valence electrons. The summed E-state index contributed by atoms with van der Waals surface area (Å²) in [4.78, 5) is 32.0. The summed E-state index contributed by atoms with van der Waals surface area (Å²) in [6, 6.07) is 9.98. The Bertz CT molecular complexity index is 909. The van der Waals surface area contributed by atoms with Crippen molar-refractivity contribution in [3.63, 3.8) is 0 Å². The Balaban J connectivity index is 2.16. The van der Waals surface area contributed by atoms with Crippen LogP contribution in [0.1, 0.15) is 48.9 Å². The van der Waals surface area contributed by atoms with Crippen LogP contribution >= 0.6 is 11.3 Å². The number of carbonyl (C=O) groups is 2. The molecule has 0 aliphatic carbocycles. The van der Waals surface area contributed by atoms with Gasteiger partial charge >= 0.3 is 0 Å². The van der Waals surface area contributed by atoms with Gasteiger partial charge in [0.2, 0.25) is 11.8 Å². The van der Waals surface area contributed by atoms with Crippen LogP contribution in [0.15, 0.2) is 30.3 Å². The minimum Gasteiger partial charge on any atom is -0.493 e. The molecule has 6 nitrogen and oxygen atoms in total. The van der Waals surface area contributed by atoms with Crippen molar-refractivity contribution in [1.82, 2.24) is 9.80 Å². The molecule has 0 unspecified atom stereocenters. The van der Waals surface area contributed by atoms with Gasteiger partial charge in [0.05, 0.1) is 27.3 Å². The summed E-state index contributed by atoms with van der Waals surface area (Å²) in [5, 5.41) is 0. The SMILES string of the molecule is CCCN(CC(=O)N(CCc1ccc(OC)c(OC)c1)Cc1ccc(C)s1)C(=O)CC(C)C. The maximum atomic E-state index is 13.4. The first-order chi connectivity index (χ1) is 15.8. The van der Waals surface area contributed by atoms with Crippen molar-refractivity contribution in [1.29, 1.82) is 0 Å². The number of carbonyl (C=O) groups excluding carboxylic acids is 2. The van der Waals surface area contributed by atoms with Crippen LogP contribution in [0.2, 0.25) is 0 Å². The Labute approximate surface area is 202 Å². The van der Waals surface area contributed by atoms with Crippen LogP contribution in [0, 0.1) is 12.8 Å². The molecule has 0 radical (unpaired) electrons. The quantitative estimate of drug-likeness (QED) is 0.413. The number of hydrogen-bond donors (Lipinski definition) is 0. The van der Waals surface area contributed by atoms with E-state index in [1.54, 1.807) is 30.5 Å². The van der Waals surface area contributed by atoms with Crippen LogP contribution in [0.3, 0.4) is 0 Å². The van der Waals surface area contributed by atoms with Gasteiger partial charge in [0.15, 0.2) is 11.5 Å². The molecule has 2 rings (SSSR count). The molecule has 0 bridgehead atoms. The molecule has 1 aromatic heterocycles. The molecule has 0 saturated heterocycles. The Morgan fingerprint density at radius 1 is 0.970 bits per heavy atom. The number of hydrogen-bond acceptors (Lipinski definition) is 5. The zero-order valence-corrected chi connectivity index (χ0v) is 21.7. The first-order valence-electron chi connectivity index (χ1n) is 11.6. The van der Waals surface area contributed by atoms with Gasteiger partial charge in [0.25, 0.3) is 0 Å². The number of aryl methyl sites for hydroxylation is 1. The Kier molecular flexibility index (Phi) is 10.7. The molecule has 0 N–H and O–H groups in total. The van der Waals surface area contributed by atoms with Gasteiger partial charge in [0.1, 0.15) is 0 Å². The average molecular weight is 475 g/mol. The highest BCUT2D eigenvalue weighted by Gasteiger charge is 2.22. The van der Waals surface area contributed by atoms with Gasteiger partial charge in [-0.3, -0.25) is 9.59 Å². The minimum atomic E-state index is -0.0212. The van der Waals surface area contributed by atoms with Gasteiger partial charge in [-0.1, -0.05) is 26.8 Å². The fraction of sp³-hybridized carbons (Fsp3) is 0.538. The third kappa shape index (κ3) is 8.39. The molecule has 0 aliphatic rings. The largest absolute Gasteiger partial charge is 0.493 e. The van der Waals surface area contributed by atoms with E-state index < -0.39 is 0 Å². The lowest BCUT2D eigenvalue weighted by atomic mass is 10.1. The van der Waals surface area contributed by atoms with E-state index in [9.17, 15) is 9.59 Å². The van der Waals surface area contributed by atoms with E-state index in [1.165, 1.54) is 4.88 Å². The number of benzene rings is 1. The number of thiophene rings is 1. The molecule has 0 aliphatic heterocycles. The Hall–Kier alpha value is -2.54. The van der Waals surface area contributed by atoms with Crippen molar-refractivity contribution in [2.45, 2.75) is 53.5 Å². The molecule has 2 aromatic rings. The van der Waals surface area contributed by atoms with Crippen LogP contribution in [-0.2, 0) is 22.6 Å². The molecule has 0 atom stereocenters. The smallest absolute Gasteiger partial charge is 0.242 e. The van der Waals surface area contributed by atoms with E-state index in [1.807, 2.05) is 43.9 Å². The zero-order valence-electron chi connectivity index (χ0n) is 20.8. The second-order valence-corrected chi connectivity index (χ2v) is 10.1. The maximum Gasteiger partial charge on any atom is 0.242 e. The van der Waals surface area contributed by atoms with Gasteiger partial charge in [-0.15, -0.1) is 11.3 Å². The number of nitrogens with zero attached hydrogens (tertiary/aromatic N) is 2. The Morgan fingerprint density at radius 3 is 2.27 bits per heavy atom. The highest BCUT2D eigenvalue weighted by atomic mass is 32.1. The predicted molar refractivity (Wildman–Crippen MR) is 134 cm³/mol. The van der Waals surface area contributed by atoms with E-state index in [0.717, 1.165) is 16.9 Å². The molecule has 0 fully saturated rings. The standard InChI is InChI=1S/C26H38N2O4S/c1-7-13-27(25(29)15-19(2)3)18-26(30)28(17-22-10-8-20(4)33-22)14-12-21-9-11-23(31-5)24(16-21)32-6/h8-11,16,19H,7,12-15,17-18H2,1-6H3. The van der Waals surface area contributed by atoms with Crippen molar-refractivity contribution < 1.29 is 19.1 Å². The zero-order chi connectivity index (χ0) is 24.4. The van der Waals surface area contributed by atoms with Gasteiger partial charge in [-0.25, -0.2) is 0 Å². The predicted octanol–water partition coefficient (Wildman–Crippen LogP) is 4.93. The van der Waals surface area contributed by atoms with Crippen LogP contribution in [0.4, 0.5) is 0 Å². The molecule has 7 heteroatoms. The van der Waals surface area contributed by atoms with Gasteiger partial charge in [-0.2, -0.15) is 0 Å². The first kappa shape index (κ1) is 26.7. The second-order valence-electron chi connectivity index (χ2n) is 8.68. The molecule has 33 heavy (non-hydrogen) atoms. The van der Waals surface area contributed by atoms with Crippen molar-refractivity contribution in [2.24, 2.45) is 5.92 Å². The molecule has 0 spiro atoms. The van der Waals surface area contributed by atoms with Crippen LogP contribution in [-0.4, -0.2) is 55.5 Å². The van der Waals surface area contributed by atoms with Gasteiger partial charge < -0.3 is 19.3 Å². The lowest BCUT2D eigenvalue weighted by Crippen LogP contribution is -2.43. The fourth-order valence-electron chi connectivity index (χ4n) is 3.65. The summed E-state index contributed by atoms with van der Waals surface area (Å²) in [5.41, 5.74) is 1.06. The summed E-state index contributed by atoms with van der Waals surface area (Å²) in [6.45, 7) is 9.97. The monoisotopic (exact) mass is 474 g/mol. The fourth-order valence-corrected chi connectivity index (χ4v) is 4.56. The molecule has 2 amide bonds. The summed E-state index contributed by atoms with van der Waals surface area (Å²) in [5.74, 6) is 1.65. The van der Waals surface area contributed by atoms with Crippen molar-refractivity contribution >= 4 is 23.2 Å². The summed E-state index contributed by atoms with van der Waals surface area (Å²) < 4.78 is 10.7. The van der Waals surface area contributed by atoms with Crippen LogP contribution in [0.5, 0.6) is 11.5 Å². The lowest BCUT2D eigenvalue weighted by molar-refractivity contribution is -0.141. The third-order valence-electron chi connectivity index (χ3n) is 5.37. The molecule has 1 heterocycles. The van der Waals surface area contributed by atoms with Gasteiger partial charge in [-0.05, 0) is 55.5 Å². The molecular weight excluding hydrogens is 436 g/mol. The van der Waals surface area contributed by atoms with E-state index in [2.05, 4.69) is 19.1 Å². The van der Waals surface area contributed by atoms with Crippen molar-refractivity contribution in [3.05, 3.63) is 45.6 Å². The second kappa shape index (κ2) is 13.2. The van der Waals surface area contributed by atoms with E-state index in [4.69, 9.17) is 9.47 Å². The summed E-state index contributed by atoms with van der Waals surface area (Å²) >= 11 is 1.70. The maximum absolute atomic E-state index is 13.4. The normalized spacial score (nSPS) is 10.9. The number of ether oxygens (including phenoxy) is 2. The average Bonchev–Trinajstić information content (AvgIpc) is 3.19. The molecule has 0 saturated carbocycles. The summed E-state index contributed by atoms with van der Waals surface area (Å²) in [6.07, 6.45) is 1.97. The van der Waals surface area contributed by atoms with Crippen LogP contribution in [0.25, 0.3) is 0 Å². The topological polar surface area (TPSA) is 59.1 Å². The third-order valence-corrected chi connectivity index (χ3v) is 6.35. The highest BCUT2D eigenvalue weighted by molar-refractivity contribution is 7.11. The minimum absolute atomic E-state index is 0.0212.